The number of hydrogen-bond donors (Lipinski definition) is 3. The molecule has 2 aliphatic heterocycles. The number of fused-ring (bicyclic) bond motifs is 1. The van der Waals surface area contributed by atoms with Gasteiger partial charge in [-0.25, -0.2) is 4.79 Å². The summed E-state index contributed by atoms with van der Waals surface area (Å²) < 4.78 is 11.2. The van der Waals surface area contributed by atoms with Gasteiger partial charge >= 0.3 is 6.03 Å². The highest BCUT2D eigenvalue weighted by Gasteiger charge is 2.52. The minimum absolute atomic E-state index is 0.177. The van der Waals surface area contributed by atoms with Crippen molar-refractivity contribution in [3.63, 3.8) is 0 Å². The zero-order valence-electron chi connectivity index (χ0n) is 15.9. The van der Waals surface area contributed by atoms with Gasteiger partial charge in [-0.05, 0) is 12.8 Å². The Labute approximate surface area is 173 Å². The first kappa shape index (κ1) is 19.6. The standard InChI is InChI=1S/C19H23ClN4O5/c20-12-9-14-15(29-8-4-7-28-14)10-13(12)21-11-16(25)23-24-17(26)19(22-18(24)27)5-2-1-3-6-19/h9-10,21H,1-8,11H2,(H,22,27)(H,23,25). The summed E-state index contributed by atoms with van der Waals surface area (Å²) in [6.07, 6.45) is 4.74. The van der Waals surface area contributed by atoms with E-state index in [9.17, 15) is 14.4 Å². The molecule has 0 unspecified atom stereocenters. The van der Waals surface area contributed by atoms with Crippen LogP contribution in [0, 0.1) is 0 Å². The average molecular weight is 423 g/mol. The Hall–Kier alpha value is -2.68. The van der Waals surface area contributed by atoms with E-state index in [0.717, 1.165) is 30.7 Å². The Morgan fingerprint density at radius 3 is 2.52 bits per heavy atom. The molecule has 2 heterocycles. The molecule has 10 heteroatoms. The van der Waals surface area contributed by atoms with Crippen molar-refractivity contribution in [2.45, 2.75) is 44.1 Å². The van der Waals surface area contributed by atoms with Crippen LogP contribution in [0.2, 0.25) is 5.02 Å². The van der Waals surface area contributed by atoms with Crippen LogP contribution >= 0.6 is 11.6 Å². The molecule has 2 fully saturated rings. The molecule has 156 valence electrons. The maximum atomic E-state index is 12.7. The lowest BCUT2D eigenvalue weighted by molar-refractivity contribution is -0.139. The van der Waals surface area contributed by atoms with Crippen molar-refractivity contribution >= 4 is 35.1 Å². The topological polar surface area (TPSA) is 109 Å². The molecular formula is C19H23ClN4O5. The molecule has 1 aromatic carbocycles. The zero-order valence-corrected chi connectivity index (χ0v) is 16.6. The number of nitrogens with zero attached hydrogens (tertiary/aromatic N) is 1. The average Bonchev–Trinajstić information content (AvgIpc) is 2.86. The quantitative estimate of drug-likeness (QED) is 0.642. The maximum absolute atomic E-state index is 12.7. The first-order chi connectivity index (χ1) is 14.0. The van der Waals surface area contributed by atoms with Gasteiger partial charge in [-0.3, -0.25) is 15.0 Å². The normalized spacial score (nSPS) is 20.2. The number of carbonyl (C=O) groups is 3. The first-order valence-corrected chi connectivity index (χ1v) is 10.2. The van der Waals surface area contributed by atoms with Gasteiger partial charge in [0.25, 0.3) is 11.8 Å². The van der Waals surface area contributed by atoms with Crippen molar-refractivity contribution in [1.82, 2.24) is 15.8 Å². The highest BCUT2D eigenvalue weighted by Crippen LogP contribution is 2.37. The van der Waals surface area contributed by atoms with Gasteiger partial charge in [0.15, 0.2) is 11.5 Å². The van der Waals surface area contributed by atoms with E-state index < -0.39 is 23.4 Å². The van der Waals surface area contributed by atoms with Crippen LogP contribution in [0.4, 0.5) is 10.5 Å². The van der Waals surface area contributed by atoms with E-state index in [-0.39, 0.29) is 6.54 Å². The van der Waals surface area contributed by atoms with Gasteiger partial charge < -0.3 is 20.1 Å². The summed E-state index contributed by atoms with van der Waals surface area (Å²) in [4.78, 5) is 37.3. The molecule has 3 aliphatic rings. The first-order valence-electron chi connectivity index (χ1n) is 9.78. The van der Waals surface area contributed by atoms with Gasteiger partial charge in [0, 0.05) is 18.6 Å². The van der Waals surface area contributed by atoms with Crippen LogP contribution in [0.1, 0.15) is 38.5 Å². The van der Waals surface area contributed by atoms with Crippen LogP contribution in [-0.2, 0) is 9.59 Å². The van der Waals surface area contributed by atoms with E-state index in [1.807, 2.05) is 0 Å². The molecule has 0 aromatic heterocycles. The lowest BCUT2D eigenvalue weighted by Gasteiger charge is -2.30. The maximum Gasteiger partial charge on any atom is 0.344 e. The summed E-state index contributed by atoms with van der Waals surface area (Å²) in [6.45, 7) is 0.901. The minimum atomic E-state index is -0.881. The second-order valence-electron chi connectivity index (χ2n) is 7.43. The van der Waals surface area contributed by atoms with Gasteiger partial charge in [-0.2, -0.15) is 5.01 Å². The number of halogens is 1. The van der Waals surface area contributed by atoms with Gasteiger partial charge in [-0.1, -0.05) is 30.9 Å². The van der Waals surface area contributed by atoms with Gasteiger partial charge in [0.2, 0.25) is 0 Å². The Kier molecular flexibility index (Phi) is 5.40. The second-order valence-corrected chi connectivity index (χ2v) is 7.84. The van der Waals surface area contributed by atoms with Crippen LogP contribution in [0.5, 0.6) is 11.5 Å². The summed E-state index contributed by atoms with van der Waals surface area (Å²) in [5, 5.41) is 6.81. The highest BCUT2D eigenvalue weighted by atomic mass is 35.5. The number of urea groups is 1. The monoisotopic (exact) mass is 422 g/mol. The molecule has 4 rings (SSSR count). The van der Waals surface area contributed by atoms with Crippen LogP contribution in [0.25, 0.3) is 0 Å². The molecule has 0 bridgehead atoms. The minimum Gasteiger partial charge on any atom is -0.490 e. The van der Waals surface area contributed by atoms with E-state index in [2.05, 4.69) is 16.1 Å². The smallest absolute Gasteiger partial charge is 0.344 e. The number of amides is 4. The fourth-order valence-electron chi connectivity index (χ4n) is 3.88. The van der Waals surface area contributed by atoms with E-state index in [1.165, 1.54) is 0 Å². The number of imide groups is 1. The number of benzene rings is 1. The number of hydrogen-bond acceptors (Lipinski definition) is 6. The van der Waals surface area contributed by atoms with Gasteiger partial charge in [0.1, 0.15) is 5.54 Å². The number of ether oxygens (including phenoxy) is 2. The van der Waals surface area contributed by atoms with Crippen LogP contribution in [0.3, 0.4) is 0 Å². The number of anilines is 1. The third-order valence-electron chi connectivity index (χ3n) is 5.38. The summed E-state index contributed by atoms with van der Waals surface area (Å²) in [6, 6.07) is 2.70. The van der Waals surface area contributed by atoms with Gasteiger partial charge in [0.05, 0.1) is 30.5 Å². The predicted octanol–water partition coefficient (Wildman–Crippen LogP) is 2.20. The van der Waals surface area contributed by atoms with E-state index in [0.29, 0.717) is 48.3 Å². The molecular weight excluding hydrogens is 400 g/mol. The largest absolute Gasteiger partial charge is 0.490 e. The zero-order chi connectivity index (χ0) is 20.4. The van der Waals surface area contributed by atoms with E-state index >= 15 is 0 Å². The second kappa shape index (κ2) is 7.98. The molecule has 1 saturated heterocycles. The molecule has 1 spiro atoms. The lowest BCUT2D eigenvalue weighted by Crippen LogP contribution is -2.51. The van der Waals surface area contributed by atoms with Crippen molar-refractivity contribution in [2.75, 3.05) is 25.1 Å². The summed E-state index contributed by atoms with van der Waals surface area (Å²) in [5.74, 6) is 0.163. The van der Waals surface area contributed by atoms with Crippen molar-refractivity contribution in [3.05, 3.63) is 17.2 Å². The molecule has 4 amide bonds. The van der Waals surface area contributed by atoms with Crippen molar-refractivity contribution in [1.29, 1.82) is 0 Å². The van der Waals surface area contributed by atoms with E-state index in [4.69, 9.17) is 21.1 Å². The number of nitrogens with one attached hydrogen (secondary N) is 3. The Morgan fingerprint density at radius 2 is 1.79 bits per heavy atom. The van der Waals surface area contributed by atoms with Crippen LogP contribution in [-0.4, -0.2) is 48.2 Å². The number of hydrazine groups is 1. The third-order valence-corrected chi connectivity index (χ3v) is 5.69. The summed E-state index contributed by atoms with van der Waals surface area (Å²) >= 11 is 6.25. The molecule has 0 atom stereocenters. The molecule has 0 radical (unpaired) electrons. The third kappa shape index (κ3) is 3.91. The number of carbonyl (C=O) groups excluding carboxylic acids is 3. The summed E-state index contributed by atoms with van der Waals surface area (Å²) in [7, 11) is 0. The van der Waals surface area contributed by atoms with Gasteiger partial charge in [-0.15, -0.1) is 0 Å². The number of rotatable bonds is 4. The van der Waals surface area contributed by atoms with Crippen molar-refractivity contribution in [2.24, 2.45) is 0 Å². The predicted molar refractivity (Wildman–Crippen MR) is 105 cm³/mol. The Bertz CT molecular complexity index is 840. The van der Waals surface area contributed by atoms with Crippen molar-refractivity contribution in [3.8, 4) is 11.5 Å². The van der Waals surface area contributed by atoms with E-state index in [1.54, 1.807) is 12.1 Å². The molecule has 3 N–H and O–H groups in total. The molecule has 9 nitrogen and oxygen atoms in total. The fourth-order valence-corrected chi connectivity index (χ4v) is 4.10. The fraction of sp³-hybridized carbons (Fsp3) is 0.526. The highest BCUT2D eigenvalue weighted by molar-refractivity contribution is 6.33. The van der Waals surface area contributed by atoms with Crippen LogP contribution in [0.15, 0.2) is 12.1 Å². The summed E-state index contributed by atoms with van der Waals surface area (Å²) in [5.41, 5.74) is 1.99. The van der Waals surface area contributed by atoms with Crippen molar-refractivity contribution < 1.29 is 23.9 Å². The Morgan fingerprint density at radius 1 is 1.10 bits per heavy atom. The molecule has 29 heavy (non-hydrogen) atoms. The van der Waals surface area contributed by atoms with Crippen LogP contribution < -0.4 is 25.5 Å². The molecule has 1 aliphatic carbocycles. The lowest BCUT2D eigenvalue weighted by atomic mass is 9.82. The molecule has 1 saturated carbocycles. The SMILES string of the molecule is O=C(CNc1cc2c(cc1Cl)OCCCO2)NN1C(=O)NC2(CCCCC2)C1=O. The Balaban J connectivity index is 1.37. The molecule has 1 aromatic rings.